The van der Waals surface area contributed by atoms with E-state index in [1.807, 2.05) is 43.5 Å². The van der Waals surface area contributed by atoms with E-state index >= 15 is 0 Å². The van der Waals surface area contributed by atoms with Gasteiger partial charge in [0.2, 0.25) is 11.8 Å². The van der Waals surface area contributed by atoms with E-state index in [-0.39, 0.29) is 5.25 Å². The van der Waals surface area contributed by atoms with E-state index in [2.05, 4.69) is 15.2 Å². The van der Waals surface area contributed by atoms with Crippen molar-refractivity contribution in [3.63, 3.8) is 0 Å². The van der Waals surface area contributed by atoms with Crippen LogP contribution in [0, 0.1) is 0 Å². The zero-order valence-corrected chi connectivity index (χ0v) is 13.9. The minimum Gasteiger partial charge on any atom is -0.440 e. The van der Waals surface area contributed by atoms with Gasteiger partial charge in [-0.3, -0.25) is 0 Å². The summed E-state index contributed by atoms with van der Waals surface area (Å²) in [6.07, 6.45) is 3.74. The maximum atomic E-state index is 5.83. The molecule has 3 rings (SSSR count). The zero-order chi connectivity index (χ0) is 15.4. The van der Waals surface area contributed by atoms with Gasteiger partial charge in [-0.2, -0.15) is 11.8 Å². The molecule has 0 aliphatic carbocycles. The van der Waals surface area contributed by atoms with E-state index in [0.717, 1.165) is 17.1 Å². The van der Waals surface area contributed by atoms with Gasteiger partial charge >= 0.3 is 0 Å². The first-order chi connectivity index (χ1) is 10.8. The molecule has 0 unspecified atom stereocenters. The van der Waals surface area contributed by atoms with Crippen LogP contribution in [0.15, 0.2) is 50.6 Å². The van der Waals surface area contributed by atoms with Crippen molar-refractivity contribution >= 4 is 23.5 Å². The number of benzene rings is 1. The SMILES string of the molecule is CSCc1nnc(S[C@@H](C)c2ncc(-c3ccccc3)o2)o1. The third kappa shape index (κ3) is 3.53. The van der Waals surface area contributed by atoms with Crippen LogP contribution in [0.2, 0.25) is 0 Å². The molecule has 0 aliphatic rings. The molecule has 0 saturated carbocycles. The van der Waals surface area contributed by atoms with E-state index in [4.69, 9.17) is 8.83 Å². The lowest BCUT2D eigenvalue weighted by atomic mass is 10.2. The molecule has 0 N–H and O–H groups in total. The Morgan fingerprint density at radius 3 is 2.73 bits per heavy atom. The van der Waals surface area contributed by atoms with Crippen LogP contribution in [-0.4, -0.2) is 21.4 Å². The summed E-state index contributed by atoms with van der Waals surface area (Å²) in [6.45, 7) is 2.00. The highest BCUT2D eigenvalue weighted by molar-refractivity contribution is 7.99. The summed E-state index contributed by atoms with van der Waals surface area (Å²) < 4.78 is 11.4. The van der Waals surface area contributed by atoms with Gasteiger partial charge in [0, 0.05) is 5.56 Å². The first-order valence-electron chi connectivity index (χ1n) is 6.75. The second-order valence-corrected chi connectivity index (χ2v) is 6.74. The van der Waals surface area contributed by atoms with Crippen molar-refractivity contribution in [2.24, 2.45) is 0 Å². The van der Waals surface area contributed by atoms with Gasteiger partial charge in [0.05, 0.1) is 17.2 Å². The molecule has 114 valence electrons. The predicted octanol–water partition coefficient (Wildman–Crippen LogP) is 4.44. The lowest BCUT2D eigenvalue weighted by Crippen LogP contribution is -1.87. The van der Waals surface area contributed by atoms with Gasteiger partial charge < -0.3 is 8.83 Å². The molecule has 22 heavy (non-hydrogen) atoms. The Morgan fingerprint density at radius 2 is 1.95 bits per heavy atom. The van der Waals surface area contributed by atoms with Crippen molar-refractivity contribution < 1.29 is 8.83 Å². The number of aromatic nitrogens is 3. The Morgan fingerprint density at radius 1 is 1.14 bits per heavy atom. The van der Waals surface area contributed by atoms with Gasteiger partial charge in [-0.15, -0.1) is 10.2 Å². The normalized spacial score (nSPS) is 12.5. The summed E-state index contributed by atoms with van der Waals surface area (Å²) in [4.78, 5) is 4.35. The van der Waals surface area contributed by atoms with Crippen LogP contribution in [0.3, 0.4) is 0 Å². The maximum Gasteiger partial charge on any atom is 0.277 e. The smallest absolute Gasteiger partial charge is 0.277 e. The Balaban J connectivity index is 1.70. The second kappa shape index (κ2) is 7.02. The minimum atomic E-state index is 0.0000387. The number of thioether (sulfide) groups is 2. The zero-order valence-electron chi connectivity index (χ0n) is 12.2. The first-order valence-corrected chi connectivity index (χ1v) is 9.02. The molecule has 7 heteroatoms. The fourth-order valence-corrected chi connectivity index (χ4v) is 2.99. The molecular weight excluding hydrogens is 318 g/mol. The van der Waals surface area contributed by atoms with E-state index in [9.17, 15) is 0 Å². The molecule has 0 bridgehead atoms. The fraction of sp³-hybridized carbons (Fsp3) is 0.267. The third-order valence-electron chi connectivity index (χ3n) is 2.92. The van der Waals surface area contributed by atoms with Crippen molar-refractivity contribution in [2.45, 2.75) is 23.1 Å². The molecule has 0 saturated heterocycles. The highest BCUT2D eigenvalue weighted by Gasteiger charge is 2.18. The third-order valence-corrected chi connectivity index (χ3v) is 4.38. The summed E-state index contributed by atoms with van der Waals surface area (Å²) >= 11 is 3.09. The summed E-state index contributed by atoms with van der Waals surface area (Å²) in [5, 5.41) is 8.56. The van der Waals surface area contributed by atoms with E-state index in [1.165, 1.54) is 11.8 Å². The monoisotopic (exact) mass is 333 g/mol. The Kier molecular flexibility index (Phi) is 4.84. The van der Waals surface area contributed by atoms with E-state index in [0.29, 0.717) is 17.0 Å². The summed E-state index contributed by atoms with van der Waals surface area (Å²) in [5.74, 6) is 2.77. The Hall–Kier alpha value is -1.73. The van der Waals surface area contributed by atoms with Gasteiger partial charge in [0.25, 0.3) is 5.22 Å². The molecule has 1 aromatic carbocycles. The van der Waals surface area contributed by atoms with Crippen LogP contribution in [0.25, 0.3) is 11.3 Å². The van der Waals surface area contributed by atoms with Crippen molar-refractivity contribution in [1.29, 1.82) is 0 Å². The van der Waals surface area contributed by atoms with Crippen molar-refractivity contribution in [1.82, 2.24) is 15.2 Å². The Bertz CT molecular complexity index is 727. The predicted molar refractivity (Wildman–Crippen MR) is 87.7 cm³/mol. The van der Waals surface area contributed by atoms with Crippen LogP contribution in [0.5, 0.6) is 0 Å². The number of rotatable bonds is 6. The fourth-order valence-electron chi connectivity index (χ4n) is 1.88. The van der Waals surface area contributed by atoms with Gasteiger partial charge in [0.1, 0.15) is 0 Å². The molecular formula is C15H15N3O2S2. The standard InChI is InChI=1S/C15H15N3O2S2/c1-10(22-15-18-17-13(20-15)9-21-2)14-16-8-12(19-14)11-6-4-3-5-7-11/h3-8,10H,9H2,1-2H3/t10-/m0/s1. The lowest BCUT2D eigenvalue weighted by molar-refractivity contribution is 0.424. The molecule has 2 aromatic heterocycles. The van der Waals surface area contributed by atoms with Gasteiger partial charge in [-0.1, -0.05) is 42.1 Å². The first kappa shape index (κ1) is 15.2. The van der Waals surface area contributed by atoms with E-state index in [1.54, 1.807) is 18.0 Å². The Labute approximate surface area is 136 Å². The lowest BCUT2D eigenvalue weighted by Gasteiger charge is -2.02. The molecule has 0 spiro atoms. The quantitative estimate of drug-likeness (QED) is 0.618. The van der Waals surface area contributed by atoms with Gasteiger partial charge in [0.15, 0.2) is 5.76 Å². The molecule has 3 aromatic rings. The molecule has 0 amide bonds. The largest absolute Gasteiger partial charge is 0.440 e. The maximum absolute atomic E-state index is 5.83. The average molecular weight is 333 g/mol. The van der Waals surface area contributed by atoms with Crippen molar-refractivity contribution in [3.05, 3.63) is 48.3 Å². The van der Waals surface area contributed by atoms with Crippen LogP contribution < -0.4 is 0 Å². The molecule has 2 heterocycles. The number of hydrogen-bond acceptors (Lipinski definition) is 7. The second-order valence-electron chi connectivity index (χ2n) is 4.58. The van der Waals surface area contributed by atoms with Gasteiger partial charge in [-0.05, 0) is 13.2 Å². The molecule has 5 nitrogen and oxygen atoms in total. The highest BCUT2D eigenvalue weighted by Crippen LogP contribution is 2.35. The van der Waals surface area contributed by atoms with E-state index < -0.39 is 0 Å². The average Bonchev–Trinajstić information content (AvgIpc) is 3.18. The van der Waals surface area contributed by atoms with Crippen LogP contribution >= 0.6 is 23.5 Å². The van der Waals surface area contributed by atoms with Crippen LogP contribution in [-0.2, 0) is 5.75 Å². The summed E-state index contributed by atoms with van der Waals surface area (Å²) in [7, 11) is 0. The molecule has 0 fully saturated rings. The summed E-state index contributed by atoms with van der Waals surface area (Å²) in [6, 6.07) is 9.91. The van der Waals surface area contributed by atoms with Crippen molar-refractivity contribution in [2.75, 3.05) is 6.26 Å². The van der Waals surface area contributed by atoms with Crippen LogP contribution in [0.4, 0.5) is 0 Å². The van der Waals surface area contributed by atoms with Gasteiger partial charge in [-0.25, -0.2) is 4.98 Å². The van der Waals surface area contributed by atoms with Crippen molar-refractivity contribution in [3.8, 4) is 11.3 Å². The number of oxazole rings is 1. The van der Waals surface area contributed by atoms with Crippen LogP contribution in [0.1, 0.15) is 24.0 Å². The number of hydrogen-bond donors (Lipinski definition) is 0. The molecule has 0 aliphatic heterocycles. The number of nitrogens with zero attached hydrogens (tertiary/aromatic N) is 3. The topological polar surface area (TPSA) is 65.0 Å². The minimum absolute atomic E-state index is 0.0000387. The molecule has 0 radical (unpaired) electrons. The molecule has 1 atom stereocenters. The highest BCUT2D eigenvalue weighted by atomic mass is 32.2. The summed E-state index contributed by atoms with van der Waals surface area (Å²) in [5.41, 5.74) is 1.01.